The predicted octanol–water partition coefficient (Wildman–Crippen LogP) is 3.87. The second kappa shape index (κ2) is 6.28. The van der Waals surface area contributed by atoms with Crippen LogP contribution in [0.1, 0.15) is 57.4 Å². The minimum atomic E-state index is 0.0705. The van der Waals surface area contributed by atoms with Crippen LogP contribution in [0.2, 0.25) is 0 Å². The summed E-state index contributed by atoms with van der Waals surface area (Å²) >= 11 is 0. The molecule has 2 heteroatoms. The summed E-state index contributed by atoms with van der Waals surface area (Å²) in [4.78, 5) is 0. The van der Waals surface area contributed by atoms with Crippen LogP contribution in [0.25, 0.3) is 0 Å². The van der Waals surface area contributed by atoms with Crippen molar-refractivity contribution in [3.05, 3.63) is 34.9 Å². The summed E-state index contributed by atoms with van der Waals surface area (Å²) in [6.45, 7) is 11.0. The first kappa shape index (κ1) is 15.5. The minimum absolute atomic E-state index is 0.0705. The van der Waals surface area contributed by atoms with E-state index in [4.69, 9.17) is 10.5 Å². The van der Waals surface area contributed by atoms with Gasteiger partial charge in [0.2, 0.25) is 0 Å². The largest absolute Gasteiger partial charge is 0.375 e. The number of hydrogen-bond acceptors (Lipinski definition) is 2. The van der Waals surface area contributed by atoms with Crippen molar-refractivity contribution in [3.63, 3.8) is 0 Å². The van der Waals surface area contributed by atoms with Gasteiger partial charge >= 0.3 is 0 Å². The molecular weight excluding hydrogens is 246 g/mol. The highest BCUT2D eigenvalue weighted by Gasteiger charge is 2.40. The van der Waals surface area contributed by atoms with Crippen LogP contribution in [0, 0.1) is 11.8 Å². The Morgan fingerprint density at radius 2 is 1.70 bits per heavy atom. The van der Waals surface area contributed by atoms with Crippen molar-refractivity contribution in [2.24, 2.45) is 17.6 Å². The highest BCUT2D eigenvalue weighted by Crippen LogP contribution is 2.39. The Morgan fingerprint density at radius 3 is 2.20 bits per heavy atom. The molecule has 1 aromatic rings. The molecule has 1 aromatic carbocycles. The third-order valence-corrected chi connectivity index (χ3v) is 5.11. The van der Waals surface area contributed by atoms with E-state index in [1.807, 2.05) is 0 Å². The van der Waals surface area contributed by atoms with Crippen molar-refractivity contribution in [1.29, 1.82) is 0 Å². The van der Waals surface area contributed by atoms with E-state index in [9.17, 15) is 0 Å². The minimum Gasteiger partial charge on any atom is -0.375 e. The maximum Gasteiger partial charge on any atom is 0.0600 e. The number of aryl methyl sites for hydroxylation is 2. The fraction of sp³-hybridized carbons (Fsp3) is 0.667. The highest BCUT2D eigenvalue weighted by molar-refractivity contribution is 5.34. The van der Waals surface area contributed by atoms with Gasteiger partial charge in [-0.2, -0.15) is 0 Å². The highest BCUT2D eigenvalue weighted by atomic mass is 16.5. The Morgan fingerprint density at radius 1 is 1.05 bits per heavy atom. The molecule has 0 spiro atoms. The molecular formula is C18H29NO. The molecule has 0 radical (unpaired) electrons. The van der Waals surface area contributed by atoms with Gasteiger partial charge in [-0.25, -0.2) is 0 Å². The molecule has 1 saturated heterocycles. The Kier molecular flexibility index (Phi) is 4.87. The normalized spacial score (nSPS) is 31.5. The number of benzene rings is 1. The van der Waals surface area contributed by atoms with E-state index >= 15 is 0 Å². The first-order valence-electron chi connectivity index (χ1n) is 8.02. The van der Waals surface area contributed by atoms with Crippen LogP contribution in [0.5, 0.6) is 0 Å². The van der Waals surface area contributed by atoms with Gasteiger partial charge in [0.15, 0.2) is 0 Å². The third kappa shape index (κ3) is 2.77. The number of nitrogens with two attached hydrogens (primary N) is 1. The van der Waals surface area contributed by atoms with E-state index in [2.05, 4.69) is 52.8 Å². The summed E-state index contributed by atoms with van der Waals surface area (Å²) in [5, 5.41) is 0. The summed E-state index contributed by atoms with van der Waals surface area (Å²) in [5.74, 6) is 0.915. The molecule has 2 N–H and O–H groups in total. The predicted molar refractivity (Wildman–Crippen MR) is 84.8 cm³/mol. The van der Waals surface area contributed by atoms with Crippen LogP contribution < -0.4 is 5.73 Å². The Labute approximate surface area is 123 Å². The van der Waals surface area contributed by atoms with Crippen LogP contribution in [-0.2, 0) is 17.6 Å². The van der Waals surface area contributed by atoms with Gasteiger partial charge in [-0.1, -0.05) is 39.0 Å². The number of rotatable bonds is 4. The van der Waals surface area contributed by atoms with Crippen LogP contribution in [0.3, 0.4) is 0 Å². The first-order chi connectivity index (χ1) is 9.49. The quantitative estimate of drug-likeness (QED) is 0.905. The van der Waals surface area contributed by atoms with Crippen LogP contribution in [0.4, 0.5) is 0 Å². The number of ether oxygens (including phenoxy) is 1. The molecule has 1 heterocycles. The second-order valence-corrected chi connectivity index (χ2v) is 6.24. The van der Waals surface area contributed by atoms with Crippen molar-refractivity contribution < 1.29 is 4.74 Å². The standard InChI is InChI=1S/C18H29NO/c1-6-14-8-9-16(10-15(14)7-2)18(19)17-11(3)12(4)20-13(17)5/h8-13,17-18H,6-7,19H2,1-5H3. The van der Waals surface area contributed by atoms with Gasteiger partial charge in [0.25, 0.3) is 0 Å². The maximum atomic E-state index is 6.58. The van der Waals surface area contributed by atoms with Crippen LogP contribution in [-0.4, -0.2) is 12.2 Å². The summed E-state index contributed by atoms with van der Waals surface area (Å²) in [5.41, 5.74) is 10.7. The fourth-order valence-corrected chi connectivity index (χ4v) is 3.66. The Hall–Kier alpha value is -0.860. The lowest BCUT2D eigenvalue weighted by Crippen LogP contribution is -2.30. The molecule has 0 amide bonds. The number of hydrogen-bond donors (Lipinski definition) is 1. The van der Waals surface area contributed by atoms with Crippen molar-refractivity contribution in [1.82, 2.24) is 0 Å². The van der Waals surface area contributed by atoms with Crippen LogP contribution >= 0.6 is 0 Å². The fourth-order valence-electron chi connectivity index (χ4n) is 3.66. The molecule has 2 rings (SSSR count). The zero-order valence-electron chi connectivity index (χ0n) is 13.5. The monoisotopic (exact) mass is 275 g/mol. The lowest BCUT2D eigenvalue weighted by molar-refractivity contribution is 0.0489. The molecule has 1 aliphatic heterocycles. The summed E-state index contributed by atoms with van der Waals surface area (Å²) in [7, 11) is 0. The Balaban J connectivity index is 2.27. The second-order valence-electron chi connectivity index (χ2n) is 6.24. The zero-order valence-corrected chi connectivity index (χ0v) is 13.5. The lowest BCUT2D eigenvalue weighted by Gasteiger charge is -2.26. The van der Waals surface area contributed by atoms with E-state index in [0.29, 0.717) is 17.9 Å². The molecule has 1 fully saturated rings. The molecule has 0 saturated carbocycles. The van der Waals surface area contributed by atoms with Gasteiger partial charge in [0.05, 0.1) is 12.2 Å². The molecule has 5 atom stereocenters. The van der Waals surface area contributed by atoms with Gasteiger partial charge in [0.1, 0.15) is 0 Å². The van der Waals surface area contributed by atoms with Crippen LogP contribution in [0.15, 0.2) is 18.2 Å². The van der Waals surface area contributed by atoms with Crippen molar-refractivity contribution >= 4 is 0 Å². The van der Waals surface area contributed by atoms with Gasteiger partial charge in [-0.15, -0.1) is 0 Å². The summed E-state index contributed by atoms with van der Waals surface area (Å²) in [6.07, 6.45) is 2.72. The third-order valence-electron chi connectivity index (χ3n) is 5.11. The lowest BCUT2D eigenvalue weighted by atomic mass is 9.80. The van der Waals surface area contributed by atoms with E-state index < -0.39 is 0 Å². The molecule has 1 aliphatic rings. The van der Waals surface area contributed by atoms with E-state index in [-0.39, 0.29) is 12.1 Å². The van der Waals surface area contributed by atoms with E-state index in [0.717, 1.165) is 12.8 Å². The molecule has 5 unspecified atom stereocenters. The van der Waals surface area contributed by atoms with Crippen molar-refractivity contribution in [2.45, 2.75) is 65.7 Å². The first-order valence-corrected chi connectivity index (χ1v) is 8.02. The topological polar surface area (TPSA) is 35.2 Å². The van der Waals surface area contributed by atoms with Gasteiger partial charge in [-0.3, -0.25) is 0 Å². The zero-order chi connectivity index (χ0) is 14.9. The van der Waals surface area contributed by atoms with Gasteiger partial charge in [-0.05, 0) is 49.3 Å². The van der Waals surface area contributed by atoms with Gasteiger partial charge in [0, 0.05) is 12.0 Å². The van der Waals surface area contributed by atoms with Crippen molar-refractivity contribution in [3.8, 4) is 0 Å². The molecule has 0 aliphatic carbocycles. The molecule has 20 heavy (non-hydrogen) atoms. The smallest absolute Gasteiger partial charge is 0.0600 e. The van der Waals surface area contributed by atoms with E-state index in [1.165, 1.54) is 16.7 Å². The average Bonchev–Trinajstić information content (AvgIpc) is 2.70. The van der Waals surface area contributed by atoms with Crippen molar-refractivity contribution in [2.75, 3.05) is 0 Å². The molecule has 0 bridgehead atoms. The average molecular weight is 275 g/mol. The molecule has 2 nitrogen and oxygen atoms in total. The summed E-state index contributed by atoms with van der Waals surface area (Å²) in [6, 6.07) is 6.85. The Bertz CT molecular complexity index is 457. The maximum absolute atomic E-state index is 6.58. The van der Waals surface area contributed by atoms with Gasteiger partial charge < -0.3 is 10.5 Å². The molecule has 0 aromatic heterocycles. The molecule has 112 valence electrons. The van der Waals surface area contributed by atoms with E-state index in [1.54, 1.807) is 0 Å². The SMILES string of the molecule is CCc1ccc(C(N)C2C(C)OC(C)C2C)cc1CC. The summed E-state index contributed by atoms with van der Waals surface area (Å²) < 4.78 is 5.95.